The van der Waals surface area contributed by atoms with Gasteiger partial charge in [0.25, 0.3) is 0 Å². The molecule has 0 aliphatic heterocycles. The Balaban J connectivity index is 2.17. The summed E-state index contributed by atoms with van der Waals surface area (Å²) in [5.74, 6) is 0.425. The van der Waals surface area contributed by atoms with E-state index in [1.54, 1.807) is 24.3 Å². The Morgan fingerprint density at radius 2 is 2.00 bits per heavy atom. The van der Waals surface area contributed by atoms with E-state index < -0.39 is 0 Å². The van der Waals surface area contributed by atoms with Gasteiger partial charge in [0.15, 0.2) is 11.0 Å². The lowest BCUT2D eigenvalue weighted by Crippen LogP contribution is -2.25. The first-order valence-electron chi connectivity index (χ1n) is 6.96. The summed E-state index contributed by atoms with van der Waals surface area (Å²) in [6.45, 7) is 8.20. The van der Waals surface area contributed by atoms with Crippen molar-refractivity contribution in [3.63, 3.8) is 0 Å². The van der Waals surface area contributed by atoms with Gasteiger partial charge in [0.1, 0.15) is 5.82 Å². The van der Waals surface area contributed by atoms with Crippen LogP contribution in [0.1, 0.15) is 0 Å². The summed E-state index contributed by atoms with van der Waals surface area (Å²) in [4.78, 5) is 11.7. The molecular formula is C16H17FN4OS. The second kappa shape index (κ2) is 8.28. The highest BCUT2D eigenvalue weighted by molar-refractivity contribution is 7.99. The third kappa shape index (κ3) is 4.53. The van der Waals surface area contributed by atoms with Crippen LogP contribution in [0, 0.1) is 5.82 Å². The molecule has 0 fully saturated rings. The van der Waals surface area contributed by atoms with Gasteiger partial charge in [-0.3, -0.25) is 9.36 Å². The van der Waals surface area contributed by atoms with E-state index in [0.717, 1.165) is 5.56 Å². The van der Waals surface area contributed by atoms with Crippen LogP contribution in [0.2, 0.25) is 0 Å². The number of thioether (sulfide) groups is 1. The zero-order valence-corrected chi connectivity index (χ0v) is 13.4. The van der Waals surface area contributed by atoms with Gasteiger partial charge in [-0.2, -0.15) is 0 Å². The smallest absolute Gasteiger partial charge is 0.230 e. The number of amides is 1. The molecule has 0 saturated heterocycles. The summed E-state index contributed by atoms with van der Waals surface area (Å²) in [6.07, 6.45) is 3.34. The van der Waals surface area contributed by atoms with Gasteiger partial charge >= 0.3 is 0 Å². The molecular weight excluding hydrogens is 315 g/mol. The van der Waals surface area contributed by atoms with Crippen LogP contribution in [-0.2, 0) is 11.3 Å². The van der Waals surface area contributed by atoms with E-state index in [1.165, 1.54) is 23.9 Å². The molecule has 0 aliphatic rings. The van der Waals surface area contributed by atoms with Crippen molar-refractivity contribution >= 4 is 17.7 Å². The quantitative estimate of drug-likeness (QED) is 0.596. The zero-order valence-electron chi connectivity index (χ0n) is 12.5. The predicted octanol–water partition coefficient (Wildman–Crippen LogP) is 2.66. The van der Waals surface area contributed by atoms with Gasteiger partial charge in [0.2, 0.25) is 5.91 Å². The Labute approximate surface area is 138 Å². The molecule has 0 aliphatic carbocycles. The summed E-state index contributed by atoms with van der Waals surface area (Å²) in [5, 5.41) is 11.6. The molecule has 0 unspecified atom stereocenters. The maximum Gasteiger partial charge on any atom is 0.230 e. The Bertz CT molecular complexity index is 697. The SMILES string of the molecule is C=CCNC(=O)CSc1nnc(-c2ccc(F)cc2)n1CC=C. The summed E-state index contributed by atoms with van der Waals surface area (Å²) < 4.78 is 14.9. The highest BCUT2D eigenvalue weighted by Crippen LogP contribution is 2.24. The Hall–Kier alpha value is -2.41. The normalized spacial score (nSPS) is 10.3. The lowest BCUT2D eigenvalue weighted by molar-refractivity contribution is -0.118. The number of carbonyl (C=O) groups is 1. The molecule has 2 aromatic rings. The Kier molecular flexibility index (Phi) is 6.10. The Morgan fingerprint density at radius 3 is 2.65 bits per heavy atom. The number of hydrogen-bond donors (Lipinski definition) is 1. The summed E-state index contributed by atoms with van der Waals surface area (Å²) in [6, 6.07) is 6.03. The minimum Gasteiger partial charge on any atom is -0.352 e. The van der Waals surface area contributed by atoms with Crippen LogP contribution in [0.4, 0.5) is 4.39 Å². The van der Waals surface area contributed by atoms with E-state index in [-0.39, 0.29) is 17.5 Å². The number of carbonyl (C=O) groups excluding carboxylic acids is 1. The summed E-state index contributed by atoms with van der Waals surface area (Å²) >= 11 is 1.29. The maximum atomic E-state index is 13.1. The zero-order chi connectivity index (χ0) is 16.7. The first-order chi connectivity index (χ1) is 11.2. The molecule has 1 aromatic heterocycles. The maximum absolute atomic E-state index is 13.1. The lowest BCUT2D eigenvalue weighted by atomic mass is 10.2. The number of allylic oxidation sites excluding steroid dienone is 1. The number of aromatic nitrogens is 3. The van der Waals surface area contributed by atoms with Gasteiger partial charge in [-0.1, -0.05) is 23.9 Å². The van der Waals surface area contributed by atoms with E-state index in [0.29, 0.717) is 24.1 Å². The highest BCUT2D eigenvalue weighted by atomic mass is 32.2. The van der Waals surface area contributed by atoms with Crippen LogP contribution in [0.3, 0.4) is 0 Å². The molecule has 1 amide bonds. The molecule has 0 spiro atoms. The molecule has 7 heteroatoms. The number of hydrogen-bond acceptors (Lipinski definition) is 4. The molecule has 1 heterocycles. The van der Waals surface area contributed by atoms with Gasteiger partial charge in [-0.25, -0.2) is 4.39 Å². The van der Waals surface area contributed by atoms with E-state index in [1.807, 2.05) is 4.57 Å². The largest absolute Gasteiger partial charge is 0.352 e. The van der Waals surface area contributed by atoms with E-state index in [2.05, 4.69) is 28.7 Å². The third-order valence-corrected chi connectivity index (χ3v) is 3.87. The average molecular weight is 332 g/mol. The predicted molar refractivity (Wildman–Crippen MR) is 89.5 cm³/mol. The van der Waals surface area contributed by atoms with Crippen LogP contribution in [0.15, 0.2) is 54.7 Å². The van der Waals surface area contributed by atoms with Crippen LogP contribution in [-0.4, -0.2) is 33.0 Å². The van der Waals surface area contributed by atoms with Crippen molar-refractivity contribution in [2.24, 2.45) is 0 Å². The molecule has 1 aromatic carbocycles. The molecule has 1 N–H and O–H groups in total. The second-order valence-corrected chi connectivity index (χ2v) is 5.54. The molecule has 0 bridgehead atoms. The molecule has 0 radical (unpaired) electrons. The fourth-order valence-corrected chi connectivity index (χ4v) is 2.65. The van der Waals surface area contributed by atoms with Crippen LogP contribution in [0.5, 0.6) is 0 Å². The van der Waals surface area contributed by atoms with Crippen molar-refractivity contribution in [2.75, 3.05) is 12.3 Å². The monoisotopic (exact) mass is 332 g/mol. The number of nitrogens with one attached hydrogen (secondary N) is 1. The van der Waals surface area contributed by atoms with Crippen molar-refractivity contribution in [2.45, 2.75) is 11.7 Å². The second-order valence-electron chi connectivity index (χ2n) is 4.59. The average Bonchev–Trinajstić information content (AvgIpc) is 2.95. The number of rotatable bonds is 8. The van der Waals surface area contributed by atoms with Crippen molar-refractivity contribution in [3.8, 4) is 11.4 Å². The van der Waals surface area contributed by atoms with Crippen molar-refractivity contribution < 1.29 is 9.18 Å². The fraction of sp³-hybridized carbons (Fsp3) is 0.188. The van der Waals surface area contributed by atoms with E-state index in [4.69, 9.17) is 0 Å². The van der Waals surface area contributed by atoms with E-state index in [9.17, 15) is 9.18 Å². The van der Waals surface area contributed by atoms with Crippen LogP contribution >= 0.6 is 11.8 Å². The fourth-order valence-electron chi connectivity index (χ4n) is 1.87. The number of benzene rings is 1. The molecule has 23 heavy (non-hydrogen) atoms. The van der Waals surface area contributed by atoms with Gasteiger partial charge in [0, 0.05) is 18.7 Å². The van der Waals surface area contributed by atoms with Crippen LogP contribution in [0.25, 0.3) is 11.4 Å². The van der Waals surface area contributed by atoms with Gasteiger partial charge in [-0.05, 0) is 24.3 Å². The molecule has 0 atom stereocenters. The minimum atomic E-state index is -0.308. The first kappa shape index (κ1) is 17.0. The number of halogens is 1. The van der Waals surface area contributed by atoms with Gasteiger partial charge in [-0.15, -0.1) is 23.4 Å². The van der Waals surface area contributed by atoms with Gasteiger partial charge in [0.05, 0.1) is 5.75 Å². The standard InChI is InChI=1S/C16H17FN4OS/c1-3-9-18-14(22)11-23-16-20-19-15(21(16)10-4-2)12-5-7-13(17)8-6-12/h3-8H,1-2,9-11H2,(H,18,22). The van der Waals surface area contributed by atoms with Crippen molar-refractivity contribution in [3.05, 3.63) is 55.4 Å². The molecule has 120 valence electrons. The first-order valence-corrected chi connectivity index (χ1v) is 7.94. The minimum absolute atomic E-state index is 0.105. The molecule has 5 nitrogen and oxygen atoms in total. The van der Waals surface area contributed by atoms with Gasteiger partial charge < -0.3 is 5.32 Å². The number of nitrogens with zero attached hydrogens (tertiary/aromatic N) is 3. The van der Waals surface area contributed by atoms with Crippen molar-refractivity contribution in [1.29, 1.82) is 0 Å². The summed E-state index contributed by atoms with van der Waals surface area (Å²) in [5.41, 5.74) is 0.753. The van der Waals surface area contributed by atoms with E-state index >= 15 is 0 Å². The van der Waals surface area contributed by atoms with Crippen LogP contribution < -0.4 is 5.32 Å². The highest BCUT2D eigenvalue weighted by Gasteiger charge is 2.14. The molecule has 2 rings (SSSR count). The topological polar surface area (TPSA) is 59.8 Å². The van der Waals surface area contributed by atoms with Crippen molar-refractivity contribution in [1.82, 2.24) is 20.1 Å². The summed E-state index contributed by atoms with van der Waals surface area (Å²) in [7, 11) is 0. The lowest BCUT2D eigenvalue weighted by Gasteiger charge is -2.07. The third-order valence-electron chi connectivity index (χ3n) is 2.91. The Morgan fingerprint density at radius 1 is 1.26 bits per heavy atom. The molecule has 0 saturated carbocycles.